The van der Waals surface area contributed by atoms with E-state index in [0.29, 0.717) is 0 Å². The van der Waals surface area contributed by atoms with Gasteiger partial charge in [0.25, 0.3) is 0 Å². The van der Waals surface area contributed by atoms with Crippen LogP contribution in [0.25, 0.3) is 93.6 Å². The minimum absolute atomic E-state index is 0.918. The van der Waals surface area contributed by atoms with Crippen LogP contribution in [0.5, 0.6) is 0 Å². The third-order valence-corrected chi connectivity index (χ3v) is 9.22. The Morgan fingerprint density at radius 3 is 1.53 bits per heavy atom. The van der Waals surface area contributed by atoms with Crippen LogP contribution < -0.4 is 0 Å². The first-order valence-corrected chi connectivity index (χ1v) is 15.3. The minimum atomic E-state index is 0.918. The van der Waals surface area contributed by atoms with Crippen LogP contribution in [-0.2, 0) is 0 Å². The van der Waals surface area contributed by atoms with Crippen LogP contribution in [-0.4, -0.2) is 4.57 Å². The highest BCUT2D eigenvalue weighted by Gasteiger charge is 2.16. The number of fused-ring (bicyclic) bond motifs is 9. The first-order chi connectivity index (χ1) is 22.3. The lowest BCUT2D eigenvalue weighted by Gasteiger charge is -2.10. The molecule has 0 spiro atoms. The SMILES string of the molecule is c1ccc2c(c1)oc1ccc(-c3ccc(-c4ccc(-n5c6ccccc6c6cc7oc8ccccc8c7cc65)cc4)cc3)cc12. The number of rotatable bonds is 3. The maximum absolute atomic E-state index is 6.24. The van der Waals surface area contributed by atoms with Gasteiger partial charge in [0.1, 0.15) is 22.3 Å². The second-order valence-corrected chi connectivity index (χ2v) is 11.7. The zero-order valence-electron chi connectivity index (χ0n) is 24.2. The highest BCUT2D eigenvalue weighted by molar-refractivity contribution is 6.17. The van der Waals surface area contributed by atoms with Crippen LogP contribution in [0.1, 0.15) is 0 Å². The number of hydrogen-bond acceptors (Lipinski definition) is 2. The summed E-state index contributed by atoms with van der Waals surface area (Å²) in [4.78, 5) is 0. The van der Waals surface area contributed by atoms with Crippen molar-refractivity contribution in [2.45, 2.75) is 0 Å². The molecule has 0 saturated carbocycles. The van der Waals surface area contributed by atoms with E-state index in [1.165, 1.54) is 44.1 Å². The standard InChI is InChI=1S/C42H25NO2/c1-4-10-37-31(7-1)34-25-42-36(33-9-3-6-12-40(33)45-42)24-38(34)43(37)30-20-17-27(18-21-30)26-13-15-28(16-14-26)29-19-22-41-35(23-29)32-8-2-5-11-39(32)44-41/h1-25H. The lowest BCUT2D eigenvalue weighted by atomic mass is 9.99. The normalized spacial score (nSPS) is 12.0. The molecule has 0 N–H and O–H groups in total. The largest absolute Gasteiger partial charge is 0.456 e. The third kappa shape index (κ3) is 3.65. The average Bonchev–Trinajstić information content (AvgIpc) is 3.76. The van der Waals surface area contributed by atoms with Gasteiger partial charge < -0.3 is 13.4 Å². The fourth-order valence-electron chi connectivity index (χ4n) is 7.03. The number of aromatic nitrogens is 1. The van der Waals surface area contributed by atoms with E-state index in [0.717, 1.165) is 49.6 Å². The Kier molecular flexibility index (Phi) is 5.00. The van der Waals surface area contributed by atoms with E-state index >= 15 is 0 Å². The summed E-state index contributed by atoms with van der Waals surface area (Å²) in [5, 5.41) is 6.99. The molecular weight excluding hydrogens is 550 g/mol. The molecule has 210 valence electrons. The Balaban J connectivity index is 1.04. The summed E-state index contributed by atoms with van der Waals surface area (Å²) in [5.41, 5.74) is 11.9. The highest BCUT2D eigenvalue weighted by Crippen LogP contribution is 2.39. The van der Waals surface area contributed by atoms with Crippen molar-refractivity contribution in [1.82, 2.24) is 4.57 Å². The van der Waals surface area contributed by atoms with Crippen LogP contribution in [0.2, 0.25) is 0 Å². The van der Waals surface area contributed by atoms with Crippen molar-refractivity contribution in [2.24, 2.45) is 0 Å². The Labute approximate surface area is 258 Å². The van der Waals surface area contributed by atoms with Crippen molar-refractivity contribution in [3.8, 4) is 27.9 Å². The molecule has 0 atom stereocenters. The number of nitrogens with zero attached hydrogens (tertiary/aromatic N) is 1. The van der Waals surface area contributed by atoms with Crippen molar-refractivity contribution >= 4 is 65.7 Å². The summed E-state index contributed by atoms with van der Waals surface area (Å²) in [6, 6.07) is 53.8. The molecule has 0 bridgehead atoms. The summed E-state index contributed by atoms with van der Waals surface area (Å²) >= 11 is 0. The fourth-order valence-corrected chi connectivity index (χ4v) is 7.03. The Morgan fingerprint density at radius 2 is 0.822 bits per heavy atom. The van der Waals surface area contributed by atoms with E-state index in [4.69, 9.17) is 8.83 Å². The number of para-hydroxylation sites is 3. The second-order valence-electron chi connectivity index (χ2n) is 11.7. The van der Waals surface area contributed by atoms with Gasteiger partial charge in [-0.15, -0.1) is 0 Å². The molecule has 0 saturated heterocycles. The molecule has 45 heavy (non-hydrogen) atoms. The van der Waals surface area contributed by atoms with Crippen molar-refractivity contribution < 1.29 is 8.83 Å². The van der Waals surface area contributed by atoms with Gasteiger partial charge >= 0.3 is 0 Å². The summed E-state index contributed by atoms with van der Waals surface area (Å²) in [5.74, 6) is 0. The molecule has 0 aliphatic heterocycles. The van der Waals surface area contributed by atoms with Gasteiger partial charge in [0.2, 0.25) is 0 Å². The smallest absolute Gasteiger partial charge is 0.136 e. The summed E-state index contributed by atoms with van der Waals surface area (Å²) in [6.07, 6.45) is 0. The molecule has 0 unspecified atom stereocenters. The van der Waals surface area contributed by atoms with Crippen LogP contribution >= 0.6 is 0 Å². The molecular formula is C42H25NO2. The Bertz CT molecular complexity index is 2740. The predicted octanol–water partition coefficient (Wildman–Crippen LogP) is 11.9. The van der Waals surface area contributed by atoms with Gasteiger partial charge in [0.15, 0.2) is 0 Å². The summed E-state index contributed by atoms with van der Waals surface area (Å²) < 4.78 is 14.6. The average molecular weight is 576 g/mol. The predicted molar refractivity (Wildman–Crippen MR) is 186 cm³/mol. The molecule has 0 radical (unpaired) electrons. The second kappa shape index (κ2) is 9.22. The molecule has 0 aliphatic carbocycles. The van der Waals surface area contributed by atoms with Crippen molar-refractivity contribution in [2.75, 3.05) is 0 Å². The van der Waals surface area contributed by atoms with Crippen molar-refractivity contribution in [1.29, 1.82) is 0 Å². The van der Waals surface area contributed by atoms with Gasteiger partial charge in [0, 0.05) is 38.0 Å². The summed E-state index contributed by atoms with van der Waals surface area (Å²) in [6.45, 7) is 0. The van der Waals surface area contributed by atoms with Crippen LogP contribution in [0.3, 0.4) is 0 Å². The van der Waals surface area contributed by atoms with Crippen LogP contribution in [0.4, 0.5) is 0 Å². The monoisotopic (exact) mass is 575 g/mol. The first-order valence-electron chi connectivity index (χ1n) is 15.3. The van der Waals surface area contributed by atoms with Crippen molar-refractivity contribution in [3.63, 3.8) is 0 Å². The van der Waals surface area contributed by atoms with E-state index < -0.39 is 0 Å². The topological polar surface area (TPSA) is 31.2 Å². The molecule has 0 fully saturated rings. The number of hydrogen-bond donors (Lipinski definition) is 0. The molecule has 3 aromatic heterocycles. The highest BCUT2D eigenvalue weighted by atomic mass is 16.3. The van der Waals surface area contributed by atoms with E-state index in [1.807, 2.05) is 24.3 Å². The maximum Gasteiger partial charge on any atom is 0.136 e. The van der Waals surface area contributed by atoms with Gasteiger partial charge in [-0.05, 0) is 76.9 Å². The zero-order valence-corrected chi connectivity index (χ0v) is 24.2. The van der Waals surface area contributed by atoms with Crippen LogP contribution in [0.15, 0.2) is 160 Å². The molecule has 3 heterocycles. The van der Waals surface area contributed by atoms with Crippen molar-refractivity contribution in [3.05, 3.63) is 152 Å². The quantitative estimate of drug-likeness (QED) is 0.210. The number of benzene rings is 7. The molecule has 0 aliphatic rings. The van der Waals surface area contributed by atoms with Gasteiger partial charge in [0.05, 0.1) is 11.0 Å². The molecule has 3 heteroatoms. The van der Waals surface area contributed by atoms with E-state index in [2.05, 4.69) is 132 Å². The molecule has 10 rings (SSSR count). The van der Waals surface area contributed by atoms with E-state index in [1.54, 1.807) is 0 Å². The van der Waals surface area contributed by atoms with E-state index in [9.17, 15) is 0 Å². The lowest BCUT2D eigenvalue weighted by molar-refractivity contribution is 0.669. The lowest BCUT2D eigenvalue weighted by Crippen LogP contribution is -1.93. The van der Waals surface area contributed by atoms with Crippen LogP contribution in [0, 0.1) is 0 Å². The fraction of sp³-hybridized carbons (Fsp3) is 0. The van der Waals surface area contributed by atoms with Gasteiger partial charge in [-0.25, -0.2) is 0 Å². The first kappa shape index (κ1) is 24.4. The van der Waals surface area contributed by atoms with Gasteiger partial charge in [-0.2, -0.15) is 0 Å². The molecule has 10 aromatic rings. The molecule has 7 aromatic carbocycles. The molecule has 3 nitrogen and oxygen atoms in total. The zero-order chi connectivity index (χ0) is 29.5. The Morgan fingerprint density at radius 1 is 0.311 bits per heavy atom. The minimum Gasteiger partial charge on any atom is -0.456 e. The number of furan rings is 2. The van der Waals surface area contributed by atoms with Gasteiger partial charge in [-0.1, -0.05) is 97.1 Å². The summed E-state index contributed by atoms with van der Waals surface area (Å²) in [7, 11) is 0. The molecule has 0 amide bonds. The van der Waals surface area contributed by atoms with Gasteiger partial charge in [-0.3, -0.25) is 0 Å². The Hall–Kier alpha value is -6.06. The third-order valence-electron chi connectivity index (χ3n) is 9.22. The maximum atomic E-state index is 6.24. The van der Waals surface area contributed by atoms with E-state index in [-0.39, 0.29) is 0 Å².